The number of carbonyl (C=O) groups excluding carboxylic acids is 3. The van der Waals surface area contributed by atoms with Gasteiger partial charge in [-0.15, -0.1) is 0 Å². The number of unbranched alkanes of at least 4 members (excludes halogenated alkanes) is 29. The van der Waals surface area contributed by atoms with Gasteiger partial charge in [0.25, 0.3) is 0 Å². The standard InChI is InChI=1S/C62H108O6/c1-4-7-10-13-16-19-22-25-28-30-31-33-34-37-40-43-46-49-52-55-61(64)67-58-59(57-66-60(63)54-51-48-45-42-39-36-27-24-21-18-15-12-9-6-3)68-62(65)56-53-50-47-44-41-38-35-32-29-26-23-20-17-14-11-8-5-2/h15-16,18-19,24-25,27-28,31,33,37,40,59H,4-14,17,20-23,26,29-30,32,34-36,38-39,41-58H2,1-3H3/b18-15-,19-16-,27-24-,28-25-,33-31-,40-37-/t59-/m1/s1. The molecule has 0 aliphatic carbocycles. The lowest BCUT2D eigenvalue weighted by molar-refractivity contribution is -0.167. The molecule has 0 saturated carbocycles. The Hall–Kier alpha value is -3.15. The van der Waals surface area contributed by atoms with Gasteiger partial charge < -0.3 is 14.2 Å². The predicted molar refractivity (Wildman–Crippen MR) is 293 cm³/mol. The normalized spacial score (nSPS) is 12.6. The first-order valence-corrected chi connectivity index (χ1v) is 28.9. The number of hydrogen-bond acceptors (Lipinski definition) is 6. The van der Waals surface area contributed by atoms with Crippen molar-refractivity contribution in [2.24, 2.45) is 0 Å². The minimum atomic E-state index is -0.793. The van der Waals surface area contributed by atoms with E-state index in [1.54, 1.807) is 0 Å². The van der Waals surface area contributed by atoms with E-state index >= 15 is 0 Å². The smallest absolute Gasteiger partial charge is 0.306 e. The zero-order valence-corrected chi connectivity index (χ0v) is 44.9. The van der Waals surface area contributed by atoms with Crippen LogP contribution in [0.4, 0.5) is 0 Å². The zero-order chi connectivity index (χ0) is 49.3. The van der Waals surface area contributed by atoms with E-state index in [4.69, 9.17) is 14.2 Å². The Labute approximate surface area is 421 Å². The number of allylic oxidation sites excluding steroid dienone is 12. The first-order chi connectivity index (χ1) is 33.5. The fraction of sp³-hybridized carbons (Fsp3) is 0.758. The quantitative estimate of drug-likeness (QED) is 0.0262. The summed E-state index contributed by atoms with van der Waals surface area (Å²) in [5.74, 6) is -0.925. The summed E-state index contributed by atoms with van der Waals surface area (Å²) in [5.41, 5.74) is 0. The van der Waals surface area contributed by atoms with Crippen molar-refractivity contribution in [2.45, 2.75) is 290 Å². The van der Waals surface area contributed by atoms with Gasteiger partial charge in [-0.1, -0.05) is 248 Å². The molecule has 0 saturated heterocycles. The van der Waals surface area contributed by atoms with Crippen LogP contribution in [0.2, 0.25) is 0 Å². The van der Waals surface area contributed by atoms with Gasteiger partial charge in [0.05, 0.1) is 0 Å². The molecule has 0 amide bonds. The van der Waals surface area contributed by atoms with Crippen molar-refractivity contribution >= 4 is 17.9 Å². The summed E-state index contributed by atoms with van der Waals surface area (Å²) in [7, 11) is 0. The number of rotatable bonds is 52. The highest BCUT2D eigenvalue weighted by Crippen LogP contribution is 2.16. The summed E-state index contributed by atoms with van der Waals surface area (Å²) in [6.45, 7) is 6.56. The van der Waals surface area contributed by atoms with Gasteiger partial charge in [-0.05, 0) is 89.9 Å². The lowest BCUT2D eigenvalue weighted by atomic mass is 10.0. The molecule has 6 nitrogen and oxygen atoms in total. The third kappa shape index (κ3) is 53.8. The molecule has 1 atom stereocenters. The fourth-order valence-electron chi connectivity index (χ4n) is 8.03. The molecule has 0 fully saturated rings. The van der Waals surface area contributed by atoms with Gasteiger partial charge in [-0.3, -0.25) is 14.4 Å². The summed E-state index contributed by atoms with van der Waals surface area (Å²) < 4.78 is 16.8. The Bertz CT molecular complexity index is 1270. The van der Waals surface area contributed by atoms with E-state index in [1.165, 1.54) is 135 Å². The van der Waals surface area contributed by atoms with E-state index in [1.807, 2.05) is 0 Å². The van der Waals surface area contributed by atoms with Gasteiger partial charge in [-0.25, -0.2) is 0 Å². The van der Waals surface area contributed by atoms with Crippen LogP contribution in [0.5, 0.6) is 0 Å². The Balaban J connectivity index is 4.43. The molecule has 68 heavy (non-hydrogen) atoms. The minimum Gasteiger partial charge on any atom is -0.462 e. The van der Waals surface area contributed by atoms with E-state index in [0.717, 1.165) is 109 Å². The third-order valence-corrected chi connectivity index (χ3v) is 12.4. The van der Waals surface area contributed by atoms with Crippen molar-refractivity contribution in [1.82, 2.24) is 0 Å². The largest absolute Gasteiger partial charge is 0.462 e. The average Bonchev–Trinajstić information content (AvgIpc) is 3.34. The summed E-state index contributed by atoms with van der Waals surface area (Å²) in [4.78, 5) is 38.1. The van der Waals surface area contributed by atoms with E-state index < -0.39 is 6.10 Å². The van der Waals surface area contributed by atoms with Crippen LogP contribution in [-0.4, -0.2) is 37.2 Å². The highest BCUT2D eigenvalue weighted by Gasteiger charge is 2.19. The third-order valence-electron chi connectivity index (χ3n) is 12.4. The molecule has 0 aliphatic rings. The van der Waals surface area contributed by atoms with Gasteiger partial charge in [-0.2, -0.15) is 0 Å². The topological polar surface area (TPSA) is 78.9 Å². The van der Waals surface area contributed by atoms with E-state index in [9.17, 15) is 14.4 Å². The first-order valence-electron chi connectivity index (χ1n) is 28.9. The molecule has 6 heteroatoms. The van der Waals surface area contributed by atoms with Gasteiger partial charge in [0, 0.05) is 19.3 Å². The van der Waals surface area contributed by atoms with E-state index in [2.05, 4.69) is 93.7 Å². The van der Waals surface area contributed by atoms with Crippen molar-refractivity contribution in [1.29, 1.82) is 0 Å². The number of ether oxygens (including phenoxy) is 3. The molecular formula is C62H108O6. The summed E-state index contributed by atoms with van der Waals surface area (Å²) in [6.07, 6.45) is 71.7. The van der Waals surface area contributed by atoms with Crippen molar-refractivity contribution in [3.8, 4) is 0 Å². The van der Waals surface area contributed by atoms with Crippen LogP contribution in [0.15, 0.2) is 72.9 Å². The lowest BCUT2D eigenvalue weighted by Crippen LogP contribution is -2.30. The Morgan fingerprint density at radius 3 is 0.912 bits per heavy atom. The zero-order valence-electron chi connectivity index (χ0n) is 44.9. The maximum Gasteiger partial charge on any atom is 0.306 e. The number of carbonyl (C=O) groups is 3. The van der Waals surface area contributed by atoms with Gasteiger partial charge in [0.15, 0.2) is 6.10 Å². The second kappa shape index (κ2) is 56.4. The molecule has 0 bridgehead atoms. The molecular weight excluding hydrogens is 841 g/mol. The SMILES string of the molecule is CCCC/C=C\C/C=C\CCCCCCCC(=O)OC[C@H](COC(=O)CCCCC/C=C\C/C=C\C/C=C\C/C=C\CCCCC)OC(=O)CCCCCCCCCCCCCCCCCCC. The molecule has 0 aromatic carbocycles. The average molecular weight is 950 g/mol. The monoisotopic (exact) mass is 949 g/mol. The van der Waals surface area contributed by atoms with Crippen molar-refractivity contribution in [2.75, 3.05) is 13.2 Å². The van der Waals surface area contributed by atoms with E-state index in [0.29, 0.717) is 19.3 Å². The molecule has 0 N–H and O–H groups in total. The maximum absolute atomic E-state index is 12.9. The highest BCUT2D eigenvalue weighted by atomic mass is 16.6. The number of esters is 3. The highest BCUT2D eigenvalue weighted by molar-refractivity contribution is 5.71. The minimum absolute atomic E-state index is 0.0912. The van der Waals surface area contributed by atoms with Gasteiger partial charge >= 0.3 is 17.9 Å². The Morgan fingerprint density at radius 2 is 0.544 bits per heavy atom. The van der Waals surface area contributed by atoms with Crippen LogP contribution >= 0.6 is 0 Å². The van der Waals surface area contributed by atoms with Crippen LogP contribution < -0.4 is 0 Å². The fourth-order valence-corrected chi connectivity index (χ4v) is 8.03. The van der Waals surface area contributed by atoms with Crippen molar-refractivity contribution in [3.05, 3.63) is 72.9 Å². The van der Waals surface area contributed by atoms with Crippen LogP contribution in [0, 0.1) is 0 Å². The maximum atomic E-state index is 12.9. The van der Waals surface area contributed by atoms with Crippen molar-refractivity contribution < 1.29 is 28.6 Å². The van der Waals surface area contributed by atoms with Crippen LogP contribution in [0.25, 0.3) is 0 Å². The van der Waals surface area contributed by atoms with Crippen LogP contribution in [0.3, 0.4) is 0 Å². The number of hydrogen-bond donors (Lipinski definition) is 0. The molecule has 0 heterocycles. The summed E-state index contributed by atoms with van der Waals surface area (Å²) >= 11 is 0. The predicted octanol–water partition coefficient (Wildman–Crippen LogP) is 19.4. The van der Waals surface area contributed by atoms with E-state index in [-0.39, 0.29) is 31.1 Å². The summed E-state index contributed by atoms with van der Waals surface area (Å²) in [5, 5.41) is 0. The molecule has 0 aromatic heterocycles. The molecule has 392 valence electrons. The van der Waals surface area contributed by atoms with Crippen molar-refractivity contribution in [3.63, 3.8) is 0 Å². The van der Waals surface area contributed by atoms with Crippen LogP contribution in [-0.2, 0) is 28.6 Å². The molecule has 0 aromatic rings. The molecule has 0 radical (unpaired) electrons. The molecule has 0 rings (SSSR count). The summed E-state index contributed by atoms with van der Waals surface area (Å²) in [6, 6.07) is 0. The lowest BCUT2D eigenvalue weighted by Gasteiger charge is -2.18. The van der Waals surface area contributed by atoms with Gasteiger partial charge in [0.1, 0.15) is 13.2 Å². The first kappa shape index (κ1) is 64.8. The van der Waals surface area contributed by atoms with Gasteiger partial charge in [0.2, 0.25) is 0 Å². The Morgan fingerprint density at radius 1 is 0.294 bits per heavy atom. The molecule has 0 spiro atoms. The molecule has 0 aliphatic heterocycles. The molecule has 0 unspecified atom stereocenters. The van der Waals surface area contributed by atoms with Crippen LogP contribution in [0.1, 0.15) is 284 Å². The Kier molecular flexibility index (Phi) is 53.8. The second-order valence-corrected chi connectivity index (χ2v) is 19.2. The second-order valence-electron chi connectivity index (χ2n) is 19.2.